The summed E-state index contributed by atoms with van der Waals surface area (Å²) in [7, 11) is -2.05. The Morgan fingerprint density at radius 3 is 2.46 bits per heavy atom. The zero-order chi connectivity index (χ0) is 27.6. The van der Waals surface area contributed by atoms with Crippen molar-refractivity contribution in [2.45, 2.75) is 38.1 Å². The average molecular weight is 551 g/mol. The maximum Gasteiger partial charge on any atom is 0.277 e. The molecular formula is C28H34N6O4S. The number of aromatic nitrogens is 4. The van der Waals surface area contributed by atoms with Gasteiger partial charge < -0.3 is 9.72 Å². The maximum absolute atomic E-state index is 13.7. The summed E-state index contributed by atoms with van der Waals surface area (Å²) in [5.74, 6) is 0.707. The molecule has 10 nitrogen and oxygen atoms in total. The zero-order valence-corrected chi connectivity index (χ0v) is 23.4. The summed E-state index contributed by atoms with van der Waals surface area (Å²) in [5.41, 5.74) is 2.93. The summed E-state index contributed by atoms with van der Waals surface area (Å²) in [4.78, 5) is 23.0. The second-order valence-corrected chi connectivity index (χ2v) is 11.6. The van der Waals surface area contributed by atoms with Crippen molar-refractivity contribution in [1.29, 1.82) is 0 Å². The third-order valence-electron chi connectivity index (χ3n) is 6.97. The van der Waals surface area contributed by atoms with Crippen LogP contribution in [0.3, 0.4) is 0 Å². The van der Waals surface area contributed by atoms with Crippen molar-refractivity contribution in [3.8, 4) is 17.1 Å². The molecule has 0 saturated carbocycles. The molecule has 1 fully saturated rings. The number of sulfonamides is 1. The number of fused-ring (bicyclic) bond motifs is 1. The monoisotopic (exact) mass is 550 g/mol. The zero-order valence-electron chi connectivity index (χ0n) is 22.6. The lowest BCUT2D eigenvalue weighted by molar-refractivity contribution is 0.181. The SMILES string of the molecule is CCCc1nn(C)c2c(=O)[nH]c(-c3cc(S(=O)(=O)N4CCN(Cc5ccccc5)CC4)ccc3OCC)nc12. The number of nitrogens with one attached hydrogen (secondary N) is 1. The van der Waals surface area contributed by atoms with E-state index < -0.39 is 10.0 Å². The largest absolute Gasteiger partial charge is 0.493 e. The summed E-state index contributed by atoms with van der Waals surface area (Å²) in [6.45, 7) is 7.14. The quantitative estimate of drug-likeness (QED) is 0.341. The van der Waals surface area contributed by atoms with Crippen molar-refractivity contribution in [2.24, 2.45) is 7.05 Å². The average Bonchev–Trinajstić information content (AvgIpc) is 3.25. The number of H-pyrrole nitrogens is 1. The van der Waals surface area contributed by atoms with Crippen molar-refractivity contribution >= 4 is 21.1 Å². The van der Waals surface area contributed by atoms with E-state index in [0.29, 0.717) is 61.6 Å². The van der Waals surface area contributed by atoms with Gasteiger partial charge in [-0.05, 0) is 37.1 Å². The highest BCUT2D eigenvalue weighted by atomic mass is 32.2. The molecule has 0 atom stereocenters. The van der Waals surface area contributed by atoms with Gasteiger partial charge in [0, 0.05) is 39.8 Å². The van der Waals surface area contributed by atoms with E-state index in [0.717, 1.165) is 18.7 Å². The van der Waals surface area contributed by atoms with Gasteiger partial charge in [-0.2, -0.15) is 9.40 Å². The molecule has 4 aromatic rings. The molecule has 0 bridgehead atoms. The van der Waals surface area contributed by atoms with Gasteiger partial charge in [0.2, 0.25) is 10.0 Å². The first-order chi connectivity index (χ1) is 18.8. The summed E-state index contributed by atoms with van der Waals surface area (Å²) in [5, 5.41) is 4.48. The van der Waals surface area contributed by atoms with E-state index in [1.54, 1.807) is 25.2 Å². The van der Waals surface area contributed by atoms with Crippen molar-refractivity contribution in [3.63, 3.8) is 0 Å². The van der Waals surface area contributed by atoms with Gasteiger partial charge in [-0.1, -0.05) is 43.7 Å². The van der Waals surface area contributed by atoms with Gasteiger partial charge in [-0.3, -0.25) is 14.4 Å². The molecule has 11 heteroatoms. The van der Waals surface area contributed by atoms with Gasteiger partial charge >= 0.3 is 0 Å². The second kappa shape index (κ2) is 11.3. The summed E-state index contributed by atoms with van der Waals surface area (Å²) >= 11 is 0. The first-order valence-electron chi connectivity index (χ1n) is 13.3. The van der Waals surface area contributed by atoms with E-state index in [9.17, 15) is 13.2 Å². The minimum Gasteiger partial charge on any atom is -0.493 e. The number of piperazine rings is 1. The Labute approximate surface area is 228 Å². The fourth-order valence-corrected chi connectivity index (χ4v) is 6.48. The van der Waals surface area contributed by atoms with Crippen molar-refractivity contribution in [2.75, 3.05) is 32.8 Å². The molecule has 2 aromatic heterocycles. The molecule has 0 radical (unpaired) electrons. The molecular weight excluding hydrogens is 516 g/mol. The normalized spacial score (nSPS) is 15.2. The van der Waals surface area contributed by atoms with E-state index in [1.165, 1.54) is 14.6 Å². The highest BCUT2D eigenvalue weighted by Crippen LogP contribution is 2.32. The maximum atomic E-state index is 13.7. The Hall–Kier alpha value is -3.54. The predicted octanol–water partition coefficient (Wildman–Crippen LogP) is 3.18. The number of hydrogen-bond donors (Lipinski definition) is 1. The minimum atomic E-state index is -3.77. The molecule has 0 aliphatic carbocycles. The molecule has 2 aromatic carbocycles. The molecule has 0 unspecified atom stereocenters. The molecule has 39 heavy (non-hydrogen) atoms. The van der Waals surface area contributed by atoms with Crippen LogP contribution in [0.1, 0.15) is 31.5 Å². The Kier molecular flexibility index (Phi) is 7.83. The molecule has 0 amide bonds. The third kappa shape index (κ3) is 5.47. The number of ether oxygens (including phenoxy) is 1. The van der Waals surface area contributed by atoms with Crippen LogP contribution in [0, 0.1) is 0 Å². The van der Waals surface area contributed by atoms with Gasteiger partial charge in [0.1, 0.15) is 17.1 Å². The van der Waals surface area contributed by atoms with Crippen LogP contribution in [0.4, 0.5) is 0 Å². The Bertz CT molecular complexity index is 1620. The van der Waals surface area contributed by atoms with Crippen LogP contribution in [0.2, 0.25) is 0 Å². The first kappa shape index (κ1) is 27.0. The number of aromatic amines is 1. The van der Waals surface area contributed by atoms with Crippen molar-refractivity contribution < 1.29 is 13.2 Å². The molecule has 1 aliphatic rings. The minimum absolute atomic E-state index is 0.139. The lowest BCUT2D eigenvalue weighted by Crippen LogP contribution is -2.48. The van der Waals surface area contributed by atoms with Crippen LogP contribution in [-0.4, -0.2) is 70.2 Å². The fourth-order valence-electron chi connectivity index (χ4n) is 5.03. The summed E-state index contributed by atoms with van der Waals surface area (Å²) in [6, 6.07) is 14.9. The molecule has 1 saturated heterocycles. The van der Waals surface area contributed by atoms with Gasteiger partial charge in [0.05, 0.1) is 22.8 Å². The van der Waals surface area contributed by atoms with E-state index in [1.807, 2.05) is 32.0 Å². The van der Waals surface area contributed by atoms with Gasteiger partial charge in [0.15, 0.2) is 5.52 Å². The standard InChI is InChI=1S/C28H34N6O4S/c1-4-9-23-25-26(32(3)31-23)28(35)30-27(29-25)22-18-21(12-13-24(22)38-5-2)39(36,37)34-16-14-33(15-17-34)19-20-10-7-6-8-11-20/h6-8,10-13,18H,4-5,9,14-17,19H2,1-3H3,(H,29,30,35). The molecule has 206 valence electrons. The number of benzene rings is 2. The lowest BCUT2D eigenvalue weighted by Gasteiger charge is -2.34. The van der Waals surface area contributed by atoms with E-state index in [4.69, 9.17) is 9.72 Å². The van der Waals surface area contributed by atoms with Gasteiger partial charge in [-0.25, -0.2) is 13.4 Å². The van der Waals surface area contributed by atoms with Crippen LogP contribution < -0.4 is 10.3 Å². The smallest absolute Gasteiger partial charge is 0.277 e. The second-order valence-electron chi connectivity index (χ2n) is 9.69. The summed E-state index contributed by atoms with van der Waals surface area (Å²) < 4.78 is 36.2. The first-order valence-corrected chi connectivity index (χ1v) is 14.7. The Morgan fingerprint density at radius 1 is 1.03 bits per heavy atom. The number of nitrogens with zero attached hydrogens (tertiary/aromatic N) is 5. The number of hydrogen-bond acceptors (Lipinski definition) is 7. The van der Waals surface area contributed by atoms with E-state index >= 15 is 0 Å². The molecule has 5 rings (SSSR count). The van der Waals surface area contributed by atoms with Gasteiger partial charge in [-0.15, -0.1) is 0 Å². The van der Waals surface area contributed by atoms with Crippen LogP contribution in [0.15, 0.2) is 58.2 Å². The fraction of sp³-hybridized carbons (Fsp3) is 0.393. The Balaban J connectivity index is 1.46. The van der Waals surface area contributed by atoms with Gasteiger partial charge in [0.25, 0.3) is 5.56 Å². The molecule has 0 spiro atoms. The van der Waals surface area contributed by atoms with Crippen LogP contribution in [-0.2, 0) is 30.0 Å². The molecule has 1 N–H and O–H groups in total. The predicted molar refractivity (Wildman–Crippen MR) is 150 cm³/mol. The van der Waals surface area contributed by atoms with E-state index in [2.05, 4.69) is 27.1 Å². The highest BCUT2D eigenvalue weighted by Gasteiger charge is 2.30. The van der Waals surface area contributed by atoms with Crippen molar-refractivity contribution in [1.82, 2.24) is 29.0 Å². The third-order valence-corrected chi connectivity index (χ3v) is 8.87. The molecule has 1 aliphatic heterocycles. The van der Waals surface area contributed by atoms with Crippen molar-refractivity contribution in [3.05, 3.63) is 70.1 Å². The highest BCUT2D eigenvalue weighted by molar-refractivity contribution is 7.89. The summed E-state index contributed by atoms with van der Waals surface area (Å²) in [6.07, 6.45) is 1.53. The number of rotatable bonds is 9. The van der Waals surface area contributed by atoms with E-state index in [-0.39, 0.29) is 16.3 Å². The lowest BCUT2D eigenvalue weighted by atomic mass is 10.1. The van der Waals surface area contributed by atoms with Crippen LogP contribution in [0.25, 0.3) is 22.4 Å². The Morgan fingerprint density at radius 2 is 1.77 bits per heavy atom. The number of aryl methyl sites for hydroxylation is 2. The topological polar surface area (TPSA) is 113 Å². The van der Waals surface area contributed by atoms with Crippen LogP contribution in [0.5, 0.6) is 5.75 Å². The molecule has 3 heterocycles. The van der Waals surface area contributed by atoms with Crippen LogP contribution >= 0.6 is 0 Å².